The van der Waals surface area contributed by atoms with Gasteiger partial charge in [0.1, 0.15) is 0 Å². The molecule has 112 valence electrons. The lowest BCUT2D eigenvalue weighted by Gasteiger charge is -2.25. The molecule has 0 aliphatic carbocycles. The predicted octanol–water partition coefficient (Wildman–Crippen LogP) is 5.01. The van der Waals surface area contributed by atoms with Crippen molar-refractivity contribution in [3.05, 3.63) is 69.8 Å². The highest BCUT2D eigenvalue weighted by Crippen LogP contribution is 2.30. The van der Waals surface area contributed by atoms with Gasteiger partial charge in [-0.25, -0.2) is 0 Å². The molecule has 21 heavy (non-hydrogen) atoms. The van der Waals surface area contributed by atoms with Crippen LogP contribution in [0.25, 0.3) is 0 Å². The molecule has 1 heteroatoms. The summed E-state index contributed by atoms with van der Waals surface area (Å²) in [7, 11) is 0. The van der Waals surface area contributed by atoms with E-state index in [0.717, 1.165) is 13.0 Å². The lowest BCUT2D eigenvalue weighted by Crippen LogP contribution is -2.25. The third-order valence-electron chi connectivity index (χ3n) is 4.17. The second-order valence-corrected chi connectivity index (χ2v) is 6.05. The van der Waals surface area contributed by atoms with E-state index in [9.17, 15) is 0 Å². The highest BCUT2D eigenvalue weighted by molar-refractivity contribution is 5.45. The lowest BCUT2D eigenvalue weighted by molar-refractivity contribution is 0.591. The summed E-state index contributed by atoms with van der Waals surface area (Å²) < 4.78 is 0. The third kappa shape index (κ3) is 3.54. The van der Waals surface area contributed by atoms with Crippen LogP contribution in [0.3, 0.4) is 0 Å². The van der Waals surface area contributed by atoms with Gasteiger partial charge < -0.3 is 5.32 Å². The lowest BCUT2D eigenvalue weighted by atomic mass is 9.88. The third-order valence-corrected chi connectivity index (χ3v) is 4.17. The van der Waals surface area contributed by atoms with E-state index in [0.29, 0.717) is 0 Å². The van der Waals surface area contributed by atoms with Gasteiger partial charge >= 0.3 is 0 Å². The van der Waals surface area contributed by atoms with Crippen molar-refractivity contribution < 1.29 is 0 Å². The van der Waals surface area contributed by atoms with Gasteiger partial charge in [0, 0.05) is 0 Å². The molecule has 0 aliphatic rings. The summed E-state index contributed by atoms with van der Waals surface area (Å²) in [6, 6.07) is 13.6. The minimum absolute atomic E-state index is 0.284. The molecule has 2 rings (SSSR count). The highest BCUT2D eigenvalue weighted by atomic mass is 14.9. The summed E-state index contributed by atoms with van der Waals surface area (Å²) in [5.41, 5.74) is 8.25. The summed E-state index contributed by atoms with van der Waals surface area (Å²) in [5, 5.41) is 3.74. The zero-order chi connectivity index (χ0) is 15.4. The van der Waals surface area contributed by atoms with Gasteiger partial charge in [-0.05, 0) is 68.5 Å². The van der Waals surface area contributed by atoms with Gasteiger partial charge in [0.25, 0.3) is 0 Å². The van der Waals surface area contributed by atoms with E-state index in [1.807, 2.05) is 0 Å². The summed E-state index contributed by atoms with van der Waals surface area (Å²) >= 11 is 0. The van der Waals surface area contributed by atoms with Crippen molar-refractivity contribution in [3.63, 3.8) is 0 Å². The molecule has 1 nitrogen and oxygen atoms in total. The molecule has 1 atom stereocenters. The Balaban J connectivity index is 2.52. The molecule has 0 saturated carbocycles. The Bertz CT molecular complexity index is 593. The molecule has 2 aromatic rings. The average molecular weight is 281 g/mol. The van der Waals surface area contributed by atoms with Gasteiger partial charge in [-0.3, -0.25) is 0 Å². The smallest absolute Gasteiger partial charge is 0.0584 e. The standard InChI is InChI=1S/C20H27N/c1-6-12-21-20(18-11-10-14(2)13-17(18)5)19-15(3)8-7-9-16(19)4/h7-11,13,20-21H,6,12H2,1-5H3. The molecule has 1 unspecified atom stereocenters. The van der Waals surface area contributed by atoms with Crippen molar-refractivity contribution in [2.75, 3.05) is 6.54 Å². The summed E-state index contributed by atoms with van der Waals surface area (Å²) in [6.07, 6.45) is 1.15. The molecule has 0 spiro atoms. The van der Waals surface area contributed by atoms with Gasteiger partial charge in [0.2, 0.25) is 0 Å². The number of hydrogen-bond donors (Lipinski definition) is 1. The second-order valence-electron chi connectivity index (χ2n) is 6.05. The minimum Gasteiger partial charge on any atom is -0.306 e. The Morgan fingerprint density at radius 2 is 1.57 bits per heavy atom. The van der Waals surface area contributed by atoms with E-state index >= 15 is 0 Å². The van der Waals surface area contributed by atoms with Crippen LogP contribution < -0.4 is 5.32 Å². The monoisotopic (exact) mass is 281 g/mol. The molecule has 1 N–H and O–H groups in total. The normalized spacial score (nSPS) is 12.4. The van der Waals surface area contributed by atoms with Crippen LogP contribution in [0.4, 0.5) is 0 Å². The van der Waals surface area contributed by atoms with Crippen molar-refractivity contribution in [3.8, 4) is 0 Å². The van der Waals surface area contributed by atoms with Crippen LogP contribution in [0.1, 0.15) is 52.8 Å². The topological polar surface area (TPSA) is 12.0 Å². The first kappa shape index (κ1) is 15.8. The Morgan fingerprint density at radius 1 is 0.905 bits per heavy atom. The van der Waals surface area contributed by atoms with Crippen molar-refractivity contribution in [2.24, 2.45) is 0 Å². The maximum atomic E-state index is 3.74. The first-order valence-corrected chi connectivity index (χ1v) is 7.91. The van der Waals surface area contributed by atoms with Gasteiger partial charge in [-0.1, -0.05) is 48.9 Å². The van der Waals surface area contributed by atoms with Crippen molar-refractivity contribution in [2.45, 2.75) is 47.1 Å². The number of aryl methyl sites for hydroxylation is 4. The number of rotatable bonds is 5. The zero-order valence-corrected chi connectivity index (χ0v) is 14.0. The molecule has 2 aromatic carbocycles. The van der Waals surface area contributed by atoms with E-state index < -0.39 is 0 Å². The Kier molecular flexibility index (Phi) is 5.19. The van der Waals surface area contributed by atoms with Crippen LogP contribution in [0.15, 0.2) is 36.4 Å². The molecule has 0 fully saturated rings. The number of nitrogens with one attached hydrogen (secondary N) is 1. The summed E-state index contributed by atoms with van der Waals surface area (Å²) in [4.78, 5) is 0. The largest absolute Gasteiger partial charge is 0.306 e. The average Bonchev–Trinajstić information content (AvgIpc) is 2.43. The maximum Gasteiger partial charge on any atom is 0.0584 e. The summed E-state index contributed by atoms with van der Waals surface area (Å²) in [5.74, 6) is 0. The molecule has 0 heterocycles. The van der Waals surface area contributed by atoms with E-state index in [2.05, 4.69) is 76.3 Å². The molecule has 0 saturated heterocycles. The van der Waals surface area contributed by atoms with Gasteiger partial charge in [-0.15, -0.1) is 0 Å². The predicted molar refractivity (Wildman–Crippen MR) is 92.0 cm³/mol. The number of benzene rings is 2. The first-order valence-electron chi connectivity index (χ1n) is 7.91. The zero-order valence-electron chi connectivity index (χ0n) is 14.0. The SMILES string of the molecule is CCCNC(c1ccc(C)cc1C)c1c(C)cccc1C. The number of hydrogen-bond acceptors (Lipinski definition) is 1. The van der Waals surface area contributed by atoms with E-state index in [1.54, 1.807) is 0 Å². The fraction of sp³-hybridized carbons (Fsp3) is 0.400. The van der Waals surface area contributed by atoms with Gasteiger partial charge in [0.05, 0.1) is 6.04 Å². The molecule has 0 bridgehead atoms. The van der Waals surface area contributed by atoms with Crippen LogP contribution in [-0.4, -0.2) is 6.54 Å². The quantitative estimate of drug-likeness (QED) is 0.812. The highest BCUT2D eigenvalue weighted by Gasteiger charge is 2.19. The van der Waals surface area contributed by atoms with E-state index in [-0.39, 0.29) is 6.04 Å². The van der Waals surface area contributed by atoms with Gasteiger partial charge in [0.15, 0.2) is 0 Å². The van der Waals surface area contributed by atoms with Crippen molar-refractivity contribution in [1.29, 1.82) is 0 Å². The Hall–Kier alpha value is -1.60. The van der Waals surface area contributed by atoms with Gasteiger partial charge in [-0.2, -0.15) is 0 Å². The van der Waals surface area contributed by atoms with E-state index in [4.69, 9.17) is 0 Å². The first-order chi connectivity index (χ1) is 10.0. The fourth-order valence-corrected chi connectivity index (χ4v) is 3.09. The molecule has 0 radical (unpaired) electrons. The fourth-order valence-electron chi connectivity index (χ4n) is 3.09. The van der Waals surface area contributed by atoms with Crippen LogP contribution in [-0.2, 0) is 0 Å². The van der Waals surface area contributed by atoms with Crippen LogP contribution in [0.5, 0.6) is 0 Å². The summed E-state index contributed by atoms with van der Waals surface area (Å²) in [6.45, 7) is 12.1. The van der Waals surface area contributed by atoms with Crippen LogP contribution in [0, 0.1) is 27.7 Å². The minimum atomic E-state index is 0.284. The molecule has 0 aliphatic heterocycles. The van der Waals surface area contributed by atoms with Crippen molar-refractivity contribution >= 4 is 0 Å². The Labute approximate surface area is 129 Å². The van der Waals surface area contributed by atoms with Crippen LogP contribution in [0.2, 0.25) is 0 Å². The maximum absolute atomic E-state index is 3.74. The Morgan fingerprint density at radius 3 is 2.14 bits per heavy atom. The molecule has 0 aromatic heterocycles. The van der Waals surface area contributed by atoms with E-state index in [1.165, 1.54) is 33.4 Å². The molecular formula is C20H27N. The van der Waals surface area contributed by atoms with Crippen LogP contribution >= 0.6 is 0 Å². The molecular weight excluding hydrogens is 254 g/mol. The van der Waals surface area contributed by atoms with Crippen molar-refractivity contribution in [1.82, 2.24) is 5.32 Å². The second kappa shape index (κ2) is 6.91. The molecule has 0 amide bonds.